The molecule has 12 heteroatoms. The van der Waals surface area contributed by atoms with Gasteiger partial charge in [-0.05, 0) is 35.7 Å². The molecule has 0 saturated carbocycles. The van der Waals surface area contributed by atoms with Crippen LogP contribution in [0.3, 0.4) is 0 Å². The normalized spacial score (nSPS) is 11.9. The minimum atomic E-state index is -4.04. The molecule has 3 aromatic carbocycles. The summed E-state index contributed by atoms with van der Waals surface area (Å²) in [5.41, 5.74) is 1.14. The number of anilines is 1. The van der Waals surface area contributed by atoms with Crippen molar-refractivity contribution in [3.8, 4) is 0 Å². The highest BCUT2D eigenvalue weighted by Gasteiger charge is 2.33. The smallest absolute Gasteiger partial charge is 0.271 e. The number of amides is 2. The molecular weight excluding hydrogens is 568 g/mol. The van der Waals surface area contributed by atoms with E-state index in [0.29, 0.717) is 17.1 Å². The molecule has 2 amide bonds. The maximum Gasteiger partial charge on any atom is 0.271 e. The minimum Gasteiger partial charge on any atom is -0.354 e. The highest BCUT2D eigenvalue weighted by atomic mass is 35.5. The third kappa shape index (κ3) is 9.29. The third-order valence-electron chi connectivity index (χ3n) is 6.37. The van der Waals surface area contributed by atoms with Crippen LogP contribution in [-0.4, -0.2) is 55.4 Å². The quantitative estimate of drug-likeness (QED) is 0.164. The van der Waals surface area contributed by atoms with E-state index in [-0.39, 0.29) is 30.2 Å². The molecule has 3 rings (SSSR count). The number of hydrogen-bond acceptors (Lipinski definition) is 6. The number of hydrogen-bond donors (Lipinski definition) is 1. The van der Waals surface area contributed by atoms with Crippen LogP contribution in [0.4, 0.5) is 11.4 Å². The van der Waals surface area contributed by atoms with Crippen molar-refractivity contribution in [2.75, 3.05) is 23.7 Å². The van der Waals surface area contributed by atoms with Gasteiger partial charge >= 0.3 is 0 Å². The lowest BCUT2D eigenvalue weighted by molar-refractivity contribution is -0.384. The van der Waals surface area contributed by atoms with Crippen molar-refractivity contribution in [1.29, 1.82) is 0 Å². The van der Waals surface area contributed by atoms with Crippen molar-refractivity contribution in [1.82, 2.24) is 10.2 Å². The molecule has 0 aliphatic carbocycles. The zero-order chi connectivity index (χ0) is 30.0. The summed E-state index contributed by atoms with van der Waals surface area (Å²) in [7, 11) is -4.04. The van der Waals surface area contributed by atoms with Crippen molar-refractivity contribution in [3.05, 3.63) is 105 Å². The van der Waals surface area contributed by atoms with Gasteiger partial charge in [0.2, 0.25) is 21.8 Å². The predicted octanol–water partition coefficient (Wildman–Crippen LogP) is 4.57. The van der Waals surface area contributed by atoms with Gasteiger partial charge in [0.1, 0.15) is 12.6 Å². The number of halogens is 1. The van der Waals surface area contributed by atoms with Crippen LogP contribution in [-0.2, 0) is 32.6 Å². The zero-order valence-corrected chi connectivity index (χ0v) is 24.5. The Labute approximate surface area is 245 Å². The van der Waals surface area contributed by atoms with Crippen LogP contribution in [0.5, 0.6) is 0 Å². The summed E-state index contributed by atoms with van der Waals surface area (Å²) in [6, 6.07) is 20.1. The Kier molecular flexibility index (Phi) is 11.2. The van der Waals surface area contributed by atoms with Crippen LogP contribution in [0, 0.1) is 10.1 Å². The maximum atomic E-state index is 14.0. The summed E-state index contributed by atoms with van der Waals surface area (Å²) < 4.78 is 26.5. The van der Waals surface area contributed by atoms with Crippen LogP contribution in [0.1, 0.15) is 30.9 Å². The van der Waals surface area contributed by atoms with Gasteiger partial charge in [-0.2, -0.15) is 0 Å². The van der Waals surface area contributed by atoms with Gasteiger partial charge in [-0.25, -0.2) is 8.42 Å². The van der Waals surface area contributed by atoms with Crippen LogP contribution in [0.15, 0.2) is 78.9 Å². The second-order valence-corrected chi connectivity index (χ2v) is 11.9. The fourth-order valence-corrected chi connectivity index (χ4v) is 5.19. The van der Waals surface area contributed by atoms with E-state index in [1.165, 1.54) is 23.1 Å². The maximum absolute atomic E-state index is 14.0. The Morgan fingerprint density at radius 1 is 1.00 bits per heavy atom. The van der Waals surface area contributed by atoms with Gasteiger partial charge in [0.25, 0.3) is 5.69 Å². The van der Waals surface area contributed by atoms with Gasteiger partial charge in [0, 0.05) is 36.7 Å². The lowest BCUT2D eigenvalue weighted by atomic mass is 10.0. The molecule has 41 heavy (non-hydrogen) atoms. The van der Waals surface area contributed by atoms with E-state index in [9.17, 15) is 28.1 Å². The molecule has 0 aliphatic rings. The molecule has 3 aromatic rings. The van der Waals surface area contributed by atoms with Crippen LogP contribution in [0.25, 0.3) is 0 Å². The topological polar surface area (TPSA) is 130 Å². The number of nitrogens with zero attached hydrogens (tertiary/aromatic N) is 3. The molecule has 0 aromatic heterocycles. The largest absolute Gasteiger partial charge is 0.354 e. The molecule has 0 spiro atoms. The van der Waals surface area contributed by atoms with Crippen LogP contribution < -0.4 is 9.62 Å². The van der Waals surface area contributed by atoms with E-state index < -0.39 is 33.4 Å². The number of nitro benzene ring substituents is 1. The van der Waals surface area contributed by atoms with Gasteiger partial charge in [0.05, 0.1) is 16.9 Å². The average Bonchev–Trinajstić information content (AvgIpc) is 2.94. The highest BCUT2D eigenvalue weighted by molar-refractivity contribution is 7.92. The second-order valence-electron chi connectivity index (χ2n) is 9.54. The fourth-order valence-electron chi connectivity index (χ4n) is 4.22. The number of carbonyl (C=O) groups is 2. The Morgan fingerprint density at radius 3 is 2.29 bits per heavy atom. The summed E-state index contributed by atoms with van der Waals surface area (Å²) in [6.07, 6.45) is 2.72. The lowest BCUT2D eigenvalue weighted by Gasteiger charge is -2.33. The number of benzene rings is 3. The summed E-state index contributed by atoms with van der Waals surface area (Å²) in [6.45, 7) is 1.76. The predicted molar refractivity (Wildman–Crippen MR) is 159 cm³/mol. The van der Waals surface area contributed by atoms with Gasteiger partial charge in [-0.1, -0.05) is 73.5 Å². The first kappa shape index (κ1) is 31.6. The number of sulfonamides is 1. The summed E-state index contributed by atoms with van der Waals surface area (Å²) in [5.74, 6) is -1.02. The van der Waals surface area contributed by atoms with Gasteiger partial charge in [-0.15, -0.1) is 0 Å². The minimum absolute atomic E-state index is 0.00123. The summed E-state index contributed by atoms with van der Waals surface area (Å²) in [5, 5.41) is 14.7. The average molecular weight is 601 g/mol. The number of nitrogens with one attached hydrogen (secondary N) is 1. The van der Waals surface area contributed by atoms with Gasteiger partial charge < -0.3 is 10.2 Å². The Hall–Kier alpha value is -3.96. The Bertz CT molecular complexity index is 1450. The van der Waals surface area contributed by atoms with E-state index in [4.69, 9.17) is 11.6 Å². The Balaban J connectivity index is 2.04. The van der Waals surface area contributed by atoms with Crippen molar-refractivity contribution in [2.45, 2.75) is 38.8 Å². The number of unbranched alkanes of at least 4 members (excludes halogenated alkanes) is 1. The molecule has 0 unspecified atom stereocenters. The molecule has 0 heterocycles. The highest BCUT2D eigenvalue weighted by Crippen LogP contribution is 2.24. The summed E-state index contributed by atoms with van der Waals surface area (Å²) >= 11 is 6.06. The van der Waals surface area contributed by atoms with E-state index in [2.05, 4.69) is 5.32 Å². The first-order chi connectivity index (χ1) is 19.5. The number of rotatable bonds is 14. The molecule has 0 aliphatic heterocycles. The zero-order valence-electron chi connectivity index (χ0n) is 22.9. The first-order valence-electron chi connectivity index (χ1n) is 13.1. The third-order valence-corrected chi connectivity index (χ3v) is 7.77. The van der Waals surface area contributed by atoms with E-state index in [0.717, 1.165) is 35.0 Å². The molecule has 10 nitrogen and oxygen atoms in total. The second kappa shape index (κ2) is 14.6. The van der Waals surface area contributed by atoms with Crippen molar-refractivity contribution in [2.24, 2.45) is 0 Å². The monoisotopic (exact) mass is 600 g/mol. The fraction of sp³-hybridized carbons (Fsp3) is 0.310. The van der Waals surface area contributed by atoms with Crippen molar-refractivity contribution < 1.29 is 22.9 Å². The standard InChI is InChI=1S/C29H33ClN4O6S/c1-3-4-17-31-29(36)27(18-22-9-6-5-7-10-22)32(20-23-13-15-24(30)16-14-23)28(35)21-33(41(2,39)40)25-11-8-12-26(19-25)34(37)38/h5-16,19,27H,3-4,17-18,20-21H2,1-2H3,(H,31,36)/t27-/m0/s1. The summed E-state index contributed by atoms with van der Waals surface area (Å²) in [4.78, 5) is 39.6. The molecule has 218 valence electrons. The number of nitro groups is 1. The number of non-ortho nitro benzene ring substituents is 1. The molecule has 1 N–H and O–H groups in total. The molecule has 0 bridgehead atoms. The van der Waals surface area contributed by atoms with Crippen LogP contribution in [0.2, 0.25) is 5.02 Å². The first-order valence-corrected chi connectivity index (χ1v) is 15.3. The van der Waals surface area contributed by atoms with Crippen molar-refractivity contribution in [3.63, 3.8) is 0 Å². The lowest BCUT2D eigenvalue weighted by Crippen LogP contribution is -2.53. The van der Waals surface area contributed by atoms with Gasteiger partial charge in [0.15, 0.2) is 0 Å². The molecule has 1 atom stereocenters. The molecule has 0 fully saturated rings. The Morgan fingerprint density at radius 2 is 1.68 bits per heavy atom. The van der Waals surface area contributed by atoms with E-state index >= 15 is 0 Å². The molecule has 0 radical (unpaired) electrons. The van der Waals surface area contributed by atoms with Gasteiger partial charge in [-0.3, -0.25) is 24.0 Å². The molecule has 0 saturated heterocycles. The van der Waals surface area contributed by atoms with E-state index in [1.807, 2.05) is 37.3 Å². The van der Waals surface area contributed by atoms with Crippen molar-refractivity contribution >= 4 is 44.8 Å². The van der Waals surface area contributed by atoms with Crippen LogP contribution >= 0.6 is 11.6 Å². The number of carbonyl (C=O) groups excluding carboxylic acids is 2. The van der Waals surface area contributed by atoms with E-state index in [1.54, 1.807) is 24.3 Å². The SMILES string of the molecule is CCCCNC(=O)[C@H](Cc1ccccc1)N(Cc1ccc(Cl)cc1)C(=O)CN(c1cccc([N+](=O)[O-])c1)S(C)(=O)=O. The molecular formula is C29H33ClN4O6S.